The maximum atomic E-state index is 12.2. The number of hydrogen-bond donors (Lipinski definition) is 2. The Morgan fingerprint density at radius 2 is 2.18 bits per heavy atom. The summed E-state index contributed by atoms with van der Waals surface area (Å²) in [5.74, 6) is -0.805. The minimum Gasteiger partial charge on any atom is -0.493 e. The van der Waals surface area contributed by atoms with Gasteiger partial charge in [0.15, 0.2) is 6.04 Å². The maximum Gasteiger partial charge on any atom is 0.330 e. The zero-order valence-electron chi connectivity index (χ0n) is 12.2. The molecule has 0 radical (unpaired) electrons. The lowest BCUT2D eigenvalue weighted by Crippen LogP contribution is -2.40. The summed E-state index contributed by atoms with van der Waals surface area (Å²) in [4.78, 5) is 23.8. The second kappa shape index (κ2) is 6.36. The van der Waals surface area contributed by atoms with Crippen molar-refractivity contribution < 1.29 is 24.2 Å². The van der Waals surface area contributed by atoms with Crippen LogP contribution in [0.3, 0.4) is 0 Å². The number of benzene rings is 1. The molecule has 0 aromatic heterocycles. The molecule has 2 aliphatic rings. The van der Waals surface area contributed by atoms with Gasteiger partial charge in [0.25, 0.3) is 0 Å². The number of rotatable bonds is 4. The second-order valence-electron chi connectivity index (χ2n) is 5.66. The van der Waals surface area contributed by atoms with E-state index in [-0.39, 0.29) is 11.8 Å². The topological polar surface area (TPSA) is 84.9 Å². The van der Waals surface area contributed by atoms with Crippen molar-refractivity contribution in [1.29, 1.82) is 0 Å². The van der Waals surface area contributed by atoms with Gasteiger partial charge < -0.3 is 19.9 Å². The van der Waals surface area contributed by atoms with E-state index in [0.717, 1.165) is 30.6 Å². The number of amides is 1. The summed E-state index contributed by atoms with van der Waals surface area (Å²) >= 11 is 0. The molecule has 2 aliphatic heterocycles. The van der Waals surface area contributed by atoms with Gasteiger partial charge in [0.1, 0.15) is 5.75 Å². The van der Waals surface area contributed by atoms with E-state index >= 15 is 0 Å². The highest BCUT2D eigenvalue weighted by atomic mass is 16.5. The van der Waals surface area contributed by atoms with Gasteiger partial charge in [-0.3, -0.25) is 4.79 Å². The molecule has 2 N–H and O–H groups in total. The van der Waals surface area contributed by atoms with Gasteiger partial charge in [-0.15, -0.1) is 0 Å². The van der Waals surface area contributed by atoms with Gasteiger partial charge in [-0.25, -0.2) is 4.79 Å². The van der Waals surface area contributed by atoms with E-state index in [2.05, 4.69) is 5.32 Å². The summed E-state index contributed by atoms with van der Waals surface area (Å²) < 4.78 is 10.7. The van der Waals surface area contributed by atoms with E-state index in [9.17, 15) is 14.7 Å². The number of hydrogen-bond acceptors (Lipinski definition) is 4. The minimum absolute atomic E-state index is 0.260. The third-order valence-corrected chi connectivity index (χ3v) is 4.11. The number of carboxylic acid groups (broad SMARTS) is 1. The van der Waals surface area contributed by atoms with E-state index in [1.807, 2.05) is 0 Å². The molecule has 1 saturated heterocycles. The van der Waals surface area contributed by atoms with E-state index in [4.69, 9.17) is 9.47 Å². The van der Waals surface area contributed by atoms with Crippen molar-refractivity contribution in [2.75, 3.05) is 19.8 Å². The fourth-order valence-corrected chi connectivity index (χ4v) is 2.88. The zero-order valence-corrected chi connectivity index (χ0v) is 12.2. The van der Waals surface area contributed by atoms with Gasteiger partial charge >= 0.3 is 5.97 Å². The molecule has 6 nitrogen and oxygen atoms in total. The molecule has 22 heavy (non-hydrogen) atoms. The maximum absolute atomic E-state index is 12.2. The van der Waals surface area contributed by atoms with Crippen LogP contribution < -0.4 is 10.1 Å². The number of ether oxygens (including phenoxy) is 2. The normalized spacial score (nSPS) is 21.5. The van der Waals surface area contributed by atoms with Gasteiger partial charge in [-0.05, 0) is 36.1 Å². The van der Waals surface area contributed by atoms with Crippen molar-refractivity contribution >= 4 is 11.9 Å². The molecule has 2 heterocycles. The fraction of sp³-hybridized carbons (Fsp3) is 0.500. The van der Waals surface area contributed by atoms with Gasteiger partial charge in [-0.1, -0.05) is 6.07 Å². The third kappa shape index (κ3) is 3.06. The Morgan fingerprint density at radius 3 is 2.91 bits per heavy atom. The highest BCUT2D eigenvalue weighted by molar-refractivity contribution is 5.86. The summed E-state index contributed by atoms with van der Waals surface area (Å²) in [6, 6.07) is 4.23. The Bertz CT molecular complexity index is 580. The first-order valence-corrected chi connectivity index (χ1v) is 7.51. The summed E-state index contributed by atoms with van der Waals surface area (Å²) in [5.41, 5.74) is 1.56. The fourth-order valence-electron chi connectivity index (χ4n) is 2.88. The molecule has 6 heteroatoms. The number of aliphatic carboxylic acids is 1. The Kier molecular flexibility index (Phi) is 4.29. The molecule has 1 aromatic rings. The first kappa shape index (κ1) is 14.8. The predicted octanol–water partition coefficient (Wildman–Crippen LogP) is 1.29. The molecule has 1 fully saturated rings. The molecule has 0 aliphatic carbocycles. The molecular weight excluding hydrogens is 286 g/mol. The summed E-state index contributed by atoms with van der Waals surface area (Å²) in [6.07, 6.45) is 2.32. The Balaban J connectivity index is 1.75. The summed E-state index contributed by atoms with van der Waals surface area (Å²) in [6.45, 7) is 1.63. The molecule has 0 spiro atoms. The largest absolute Gasteiger partial charge is 0.493 e. The molecule has 2 atom stereocenters. The van der Waals surface area contributed by atoms with Crippen LogP contribution in [0.15, 0.2) is 18.2 Å². The van der Waals surface area contributed by atoms with Crippen LogP contribution in [-0.4, -0.2) is 36.8 Å². The van der Waals surface area contributed by atoms with Crippen LogP contribution in [0, 0.1) is 5.92 Å². The third-order valence-electron chi connectivity index (χ3n) is 4.11. The van der Waals surface area contributed by atoms with Gasteiger partial charge in [0.05, 0.1) is 19.1 Å². The van der Waals surface area contributed by atoms with Crippen molar-refractivity contribution in [1.82, 2.24) is 5.32 Å². The molecule has 1 amide bonds. The SMILES string of the molecule is O=C(N[C@H](C(=O)O)c1ccc2c(c1)CCO2)[C@H]1CCCOC1. The van der Waals surface area contributed by atoms with Crippen LogP contribution in [0.2, 0.25) is 0 Å². The molecule has 1 aromatic carbocycles. The summed E-state index contributed by atoms with van der Waals surface area (Å²) in [7, 11) is 0. The number of carbonyl (C=O) groups excluding carboxylic acids is 1. The van der Waals surface area contributed by atoms with Gasteiger partial charge in [0.2, 0.25) is 5.91 Å². The van der Waals surface area contributed by atoms with Crippen LogP contribution in [-0.2, 0) is 20.7 Å². The van der Waals surface area contributed by atoms with Gasteiger partial charge in [-0.2, -0.15) is 0 Å². The van der Waals surface area contributed by atoms with Crippen molar-refractivity contribution in [2.45, 2.75) is 25.3 Å². The molecule has 0 saturated carbocycles. The van der Waals surface area contributed by atoms with Crippen LogP contribution in [0.25, 0.3) is 0 Å². The second-order valence-corrected chi connectivity index (χ2v) is 5.66. The van der Waals surface area contributed by atoms with Crippen molar-refractivity contribution in [3.63, 3.8) is 0 Å². The highest BCUT2D eigenvalue weighted by Gasteiger charge is 2.28. The van der Waals surface area contributed by atoms with Crippen molar-refractivity contribution in [2.24, 2.45) is 5.92 Å². The van der Waals surface area contributed by atoms with E-state index in [1.54, 1.807) is 18.2 Å². The molecular formula is C16H19NO5. The monoisotopic (exact) mass is 305 g/mol. The summed E-state index contributed by atoms with van der Waals surface area (Å²) in [5, 5.41) is 12.1. The standard InChI is InChI=1S/C16H19NO5/c18-15(12-2-1-6-21-9-12)17-14(16(19)20)11-3-4-13-10(8-11)5-7-22-13/h3-4,8,12,14H,1-2,5-7,9H2,(H,17,18)(H,19,20)/t12-,14-/m0/s1. The highest BCUT2D eigenvalue weighted by Crippen LogP contribution is 2.28. The number of carbonyl (C=O) groups is 2. The lowest BCUT2D eigenvalue weighted by Gasteiger charge is -2.23. The quantitative estimate of drug-likeness (QED) is 0.875. The van der Waals surface area contributed by atoms with Crippen LogP contribution in [0.1, 0.15) is 30.0 Å². The smallest absolute Gasteiger partial charge is 0.330 e. The first-order valence-electron chi connectivity index (χ1n) is 7.51. The Hall–Kier alpha value is -2.08. The van der Waals surface area contributed by atoms with E-state index in [1.165, 1.54) is 0 Å². The number of carboxylic acids is 1. The Labute approximate surface area is 128 Å². The molecule has 3 rings (SSSR count). The zero-order chi connectivity index (χ0) is 15.5. The molecule has 0 bridgehead atoms. The minimum atomic E-state index is -1.07. The predicted molar refractivity (Wildman–Crippen MR) is 77.7 cm³/mol. The lowest BCUT2D eigenvalue weighted by atomic mass is 9.98. The van der Waals surface area contributed by atoms with Crippen molar-refractivity contribution in [3.8, 4) is 5.75 Å². The van der Waals surface area contributed by atoms with Gasteiger partial charge in [0, 0.05) is 13.0 Å². The molecule has 118 valence electrons. The van der Waals surface area contributed by atoms with Crippen LogP contribution >= 0.6 is 0 Å². The first-order chi connectivity index (χ1) is 10.6. The van der Waals surface area contributed by atoms with Crippen molar-refractivity contribution in [3.05, 3.63) is 29.3 Å². The van der Waals surface area contributed by atoms with Crippen LogP contribution in [0.4, 0.5) is 0 Å². The van der Waals surface area contributed by atoms with E-state index < -0.39 is 12.0 Å². The number of nitrogens with one attached hydrogen (secondary N) is 1. The van der Waals surface area contributed by atoms with E-state index in [0.29, 0.717) is 25.4 Å². The average molecular weight is 305 g/mol. The van der Waals surface area contributed by atoms with Crippen LogP contribution in [0.5, 0.6) is 5.75 Å². The number of fused-ring (bicyclic) bond motifs is 1. The molecule has 0 unspecified atom stereocenters. The average Bonchev–Trinajstić information content (AvgIpc) is 3.00. The lowest BCUT2D eigenvalue weighted by molar-refractivity contribution is -0.143. The Morgan fingerprint density at radius 1 is 1.32 bits per heavy atom.